The third-order valence-electron chi connectivity index (χ3n) is 3.06. The summed E-state index contributed by atoms with van der Waals surface area (Å²) in [5.41, 5.74) is 7.34. The zero-order valence-electron chi connectivity index (χ0n) is 13.0. The fourth-order valence-corrected chi connectivity index (χ4v) is 1.94. The largest absolute Gasteiger partial charge is 0.369 e. The van der Waals surface area contributed by atoms with E-state index in [-0.39, 0.29) is 17.8 Å². The lowest BCUT2D eigenvalue weighted by Gasteiger charge is -2.09. The molecule has 0 aliphatic rings. The zero-order chi connectivity index (χ0) is 16.1. The number of rotatable bonds is 4. The van der Waals surface area contributed by atoms with Crippen molar-refractivity contribution in [2.75, 3.05) is 20.6 Å². The number of fused-ring (bicyclic) bond motifs is 1. The van der Waals surface area contributed by atoms with Crippen LogP contribution < -0.4 is 11.1 Å². The topological polar surface area (TPSA) is 96.5 Å². The monoisotopic (exact) mass is 300 g/mol. The Morgan fingerprint density at radius 3 is 2.77 bits per heavy atom. The van der Waals surface area contributed by atoms with Crippen LogP contribution in [0, 0.1) is 6.92 Å². The van der Waals surface area contributed by atoms with E-state index in [9.17, 15) is 4.79 Å². The van der Waals surface area contributed by atoms with Crippen molar-refractivity contribution >= 4 is 28.7 Å². The SMILES string of the molecule is Cc1nc(/N=C(\N)NC(=O)CCN(C)C)nc2ccccc12. The summed E-state index contributed by atoms with van der Waals surface area (Å²) in [6.45, 7) is 2.53. The lowest BCUT2D eigenvalue weighted by Crippen LogP contribution is -2.37. The van der Waals surface area contributed by atoms with Crippen LogP contribution >= 0.6 is 0 Å². The molecular weight excluding hydrogens is 280 g/mol. The molecule has 7 nitrogen and oxygen atoms in total. The first kappa shape index (κ1) is 15.8. The predicted molar refractivity (Wildman–Crippen MR) is 86.9 cm³/mol. The van der Waals surface area contributed by atoms with Gasteiger partial charge in [0, 0.05) is 18.4 Å². The summed E-state index contributed by atoms with van der Waals surface area (Å²) >= 11 is 0. The first-order valence-corrected chi connectivity index (χ1v) is 6.98. The van der Waals surface area contributed by atoms with E-state index in [0.29, 0.717) is 13.0 Å². The number of carbonyl (C=O) groups is 1. The van der Waals surface area contributed by atoms with E-state index in [0.717, 1.165) is 16.6 Å². The summed E-state index contributed by atoms with van der Waals surface area (Å²) in [5.74, 6) is 0.0486. The highest BCUT2D eigenvalue weighted by Crippen LogP contribution is 2.17. The van der Waals surface area contributed by atoms with E-state index in [4.69, 9.17) is 5.73 Å². The number of hydrogen-bond acceptors (Lipinski definition) is 5. The molecule has 1 aromatic heterocycles. The Balaban J connectivity index is 2.13. The summed E-state index contributed by atoms with van der Waals surface area (Å²) in [5, 5.41) is 3.50. The molecule has 2 rings (SSSR count). The van der Waals surface area contributed by atoms with Crippen LogP contribution in [0.5, 0.6) is 0 Å². The van der Waals surface area contributed by atoms with E-state index in [2.05, 4.69) is 20.3 Å². The number of nitrogens with zero attached hydrogens (tertiary/aromatic N) is 4. The number of hydrogen-bond donors (Lipinski definition) is 2. The van der Waals surface area contributed by atoms with E-state index < -0.39 is 0 Å². The van der Waals surface area contributed by atoms with E-state index >= 15 is 0 Å². The smallest absolute Gasteiger partial charge is 0.253 e. The molecule has 0 saturated carbocycles. The van der Waals surface area contributed by atoms with Gasteiger partial charge >= 0.3 is 0 Å². The predicted octanol–water partition coefficient (Wildman–Crippen LogP) is 0.952. The Hall–Kier alpha value is -2.54. The van der Waals surface area contributed by atoms with Gasteiger partial charge in [0.2, 0.25) is 11.9 Å². The number of aliphatic imine (C=N–C) groups is 1. The van der Waals surface area contributed by atoms with Crippen LogP contribution in [0.1, 0.15) is 12.1 Å². The van der Waals surface area contributed by atoms with Crippen molar-refractivity contribution in [1.29, 1.82) is 0 Å². The number of nitrogens with two attached hydrogens (primary N) is 1. The quantitative estimate of drug-likeness (QED) is 0.647. The number of guanidine groups is 1. The Morgan fingerprint density at radius 2 is 2.05 bits per heavy atom. The molecule has 116 valence electrons. The lowest BCUT2D eigenvalue weighted by atomic mass is 10.2. The van der Waals surface area contributed by atoms with Crippen molar-refractivity contribution in [2.24, 2.45) is 10.7 Å². The van der Waals surface area contributed by atoms with E-state index in [1.54, 1.807) is 0 Å². The van der Waals surface area contributed by atoms with Crippen molar-refractivity contribution in [3.63, 3.8) is 0 Å². The molecule has 0 aliphatic heterocycles. The van der Waals surface area contributed by atoms with Crippen molar-refractivity contribution in [2.45, 2.75) is 13.3 Å². The Labute approximate surface area is 129 Å². The van der Waals surface area contributed by atoms with E-state index in [1.807, 2.05) is 50.2 Å². The molecule has 0 atom stereocenters. The molecule has 0 bridgehead atoms. The van der Waals surface area contributed by atoms with Gasteiger partial charge in [0.05, 0.1) is 11.2 Å². The van der Waals surface area contributed by atoms with Gasteiger partial charge in [0.1, 0.15) is 0 Å². The van der Waals surface area contributed by atoms with Gasteiger partial charge in [-0.25, -0.2) is 9.97 Å². The van der Waals surface area contributed by atoms with Crippen LogP contribution in [0.2, 0.25) is 0 Å². The van der Waals surface area contributed by atoms with E-state index in [1.165, 1.54) is 0 Å². The Morgan fingerprint density at radius 1 is 1.32 bits per heavy atom. The summed E-state index contributed by atoms with van der Waals surface area (Å²) in [6, 6.07) is 7.66. The minimum Gasteiger partial charge on any atom is -0.369 e. The van der Waals surface area contributed by atoms with Gasteiger partial charge in [-0.05, 0) is 27.1 Å². The maximum atomic E-state index is 11.7. The summed E-state index contributed by atoms with van der Waals surface area (Å²) in [4.78, 5) is 26.3. The molecule has 0 fully saturated rings. The highest BCUT2D eigenvalue weighted by molar-refractivity contribution is 5.97. The van der Waals surface area contributed by atoms with Crippen LogP contribution in [-0.4, -0.2) is 47.4 Å². The molecule has 0 radical (unpaired) electrons. The molecule has 3 N–H and O–H groups in total. The zero-order valence-corrected chi connectivity index (χ0v) is 13.0. The lowest BCUT2D eigenvalue weighted by molar-refractivity contribution is -0.119. The first-order valence-electron chi connectivity index (χ1n) is 6.98. The Bertz CT molecular complexity index is 710. The molecule has 0 saturated heterocycles. The maximum absolute atomic E-state index is 11.7. The normalized spacial score (nSPS) is 11.9. The van der Waals surface area contributed by atoms with Gasteiger partial charge < -0.3 is 10.6 Å². The average molecular weight is 300 g/mol. The van der Waals surface area contributed by atoms with Crippen LogP contribution in [0.25, 0.3) is 10.9 Å². The molecule has 2 aromatic rings. The fraction of sp³-hybridized carbons (Fsp3) is 0.333. The van der Waals surface area contributed by atoms with Gasteiger partial charge in [-0.1, -0.05) is 18.2 Å². The van der Waals surface area contributed by atoms with Gasteiger partial charge in [-0.2, -0.15) is 4.99 Å². The number of nitrogens with one attached hydrogen (secondary N) is 1. The molecular formula is C15H20N6O. The number of aromatic nitrogens is 2. The Kier molecular flexibility index (Phi) is 5.00. The average Bonchev–Trinajstić information content (AvgIpc) is 2.45. The molecule has 1 amide bonds. The molecule has 1 aromatic carbocycles. The van der Waals surface area contributed by atoms with Gasteiger partial charge in [0.25, 0.3) is 5.95 Å². The fourth-order valence-electron chi connectivity index (χ4n) is 1.94. The number of benzene rings is 1. The molecule has 22 heavy (non-hydrogen) atoms. The summed E-state index contributed by atoms with van der Waals surface area (Å²) in [7, 11) is 3.80. The minimum atomic E-state index is -0.188. The standard InChI is InChI=1S/C15H20N6O/c1-10-11-6-4-5-7-12(11)18-15(17-10)20-14(16)19-13(22)8-9-21(2)3/h4-7H,8-9H2,1-3H3,(H3,16,17,18,19,20,22). The van der Waals surface area contributed by atoms with Crippen molar-refractivity contribution < 1.29 is 4.79 Å². The molecule has 7 heteroatoms. The van der Waals surface area contributed by atoms with Gasteiger partial charge in [-0.15, -0.1) is 0 Å². The number of aryl methyl sites for hydroxylation is 1. The molecule has 0 spiro atoms. The second kappa shape index (κ2) is 6.95. The molecule has 1 heterocycles. The maximum Gasteiger partial charge on any atom is 0.253 e. The van der Waals surface area contributed by atoms with Crippen LogP contribution in [-0.2, 0) is 4.79 Å². The molecule has 0 aliphatic carbocycles. The third-order valence-corrected chi connectivity index (χ3v) is 3.06. The first-order chi connectivity index (χ1) is 10.5. The second-order valence-corrected chi connectivity index (χ2v) is 5.22. The second-order valence-electron chi connectivity index (χ2n) is 5.22. The minimum absolute atomic E-state index is 0.00145. The molecule has 0 unspecified atom stereocenters. The van der Waals surface area contributed by atoms with Crippen molar-refractivity contribution in [1.82, 2.24) is 20.2 Å². The van der Waals surface area contributed by atoms with Gasteiger partial charge in [0.15, 0.2) is 0 Å². The van der Waals surface area contributed by atoms with Crippen LogP contribution in [0.4, 0.5) is 5.95 Å². The highest BCUT2D eigenvalue weighted by Gasteiger charge is 2.06. The summed E-state index contributed by atoms with van der Waals surface area (Å²) in [6.07, 6.45) is 0.348. The van der Waals surface area contributed by atoms with Crippen LogP contribution in [0.15, 0.2) is 29.3 Å². The van der Waals surface area contributed by atoms with Crippen molar-refractivity contribution in [3.8, 4) is 0 Å². The van der Waals surface area contributed by atoms with Gasteiger partial charge in [-0.3, -0.25) is 10.1 Å². The highest BCUT2D eigenvalue weighted by atomic mass is 16.1. The summed E-state index contributed by atoms with van der Waals surface area (Å²) < 4.78 is 0. The number of para-hydroxylation sites is 1. The third kappa shape index (κ3) is 4.23. The van der Waals surface area contributed by atoms with Crippen LogP contribution in [0.3, 0.4) is 0 Å². The van der Waals surface area contributed by atoms with Crippen molar-refractivity contribution in [3.05, 3.63) is 30.0 Å². The number of carbonyl (C=O) groups excluding carboxylic acids is 1. The number of amides is 1.